The first-order valence-corrected chi connectivity index (χ1v) is 5.88. The molecule has 0 fully saturated rings. The Morgan fingerprint density at radius 2 is 2.12 bits per heavy atom. The summed E-state index contributed by atoms with van der Waals surface area (Å²) in [5.74, 6) is 0.794. The molecule has 0 saturated heterocycles. The van der Waals surface area contributed by atoms with Gasteiger partial charge >= 0.3 is 0 Å². The van der Waals surface area contributed by atoms with Gasteiger partial charge in [0.25, 0.3) is 0 Å². The van der Waals surface area contributed by atoms with E-state index in [1.807, 2.05) is 30.3 Å². The van der Waals surface area contributed by atoms with Gasteiger partial charge in [-0.1, -0.05) is 24.3 Å². The van der Waals surface area contributed by atoms with Gasteiger partial charge in [-0.25, -0.2) is 0 Å². The molecule has 0 aliphatic rings. The molecule has 0 heterocycles. The number of benzene rings is 1. The summed E-state index contributed by atoms with van der Waals surface area (Å²) in [5.41, 5.74) is 1.16. The van der Waals surface area contributed by atoms with Crippen LogP contribution in [-0.2, 0) is 6.42 Å². The Morgan fingerprint density at radius 3 is 2.82 bits per heavy atom. The molecule has 92 valence electrons. The molecule has 0 aromatic heterocycles. The third-order valence-electron chi connectivity index (χ3n) is 2.42. The molecule has 0 spiro atoms. The van der Waals surface area contributed by atoms with Crippen LogP contribution >= 0.6 is 0 Å². The molecular formula is C15H20O2. The molecule has 1 atom stereocenters. The first-order valence-electron chi connectivity index (χ1n) is 5.88. The van der Waals surface area contributed by atoms with Crippen LogP contribution in [0.5, 0.6) is 5.75 Å². The summed E-state index contributed by atoms with van der Waals surface area (Å²) in [6.45, 7) is 7.65. The number of ether oxygens (including phenoxy) is 1. The average molecular weight is 232 g/mol. The van der Waals surface area contributed by atoms with Gasteiger partial charge in [-0.15, -0.1) is 13.2 Å². The lowest BCUT2D eigenvalue weighted by molar-refractivity contribution is 0.101. The van der Waals surface area contributed by atoms with E-state index in [4.69, 9.17) is 4.74 Å². The molecule has 1 aromatic rings. The minimum atomic E-state index is -0.434. The van der Waals surface area contributed by atoms with Gasteiger partial charge in [0.05, 0.1) is 6.10 Å². The van der Waals surface area contributed by atoms with Gasteiger partial charge in [-0.3, -0.25) is 0 Å². The van der Waals surface area contributed by atoms with E-state index in [1.165, 1.54) is 0 Å². The second-order valence-electron chi connectivity index (χ2n) is 3.97. The highest BCUT2D eigenvalue weighted by Crippen LogP contribution is 2.14. The summed E-state index contributed by atoms with van der Waals surface area (Å²) in [6.07, 6.45) is 5.55. The topological polar surface area (TPSA) is 29.5 Å². The fourth-order valence-corrected chi connectivity index (χ4v) is 1.51. The Kier molecular flexibility index (Phi) is 6.12. The summed E-state index contributed by atoms with van der Waals surface area (Å²) in [6, 6.07) is 7.85. The Hall–Kier alpha value is -1.54. The molecule has 2 nitrogen and oxygen atoms in total. The number of hydrogen-bond acceptors (Lipinski definition) is 2. The van der Waals surface area contributed by atoms with Crippen molar-refractivity contribution in [2.75, 3.05) is 6.61 Å². The molecular weight excluding hydrogens is 212 g/mol. The molecule has 0 radical (unpaired) electrons. The lowest BCUT2D eigenvalue weighted by Crippen LogP contribution is -2.17. The SMILES string of the molecule is C=CCCC(O)COc1cccc(CC=C)c1. The van der Waals surface area contributed by atoms with Gasteiger partial charge in [-0.2, -0.15) is 0 Å². The first kappa shape index (κ1) is 13.5. The van der Waals surface area contributed by atoms with Crippen LogP contribution in [0.1, 0.15) is 18.4 Å². The van der Waals surface area contributed by atoms with Gasteiger partial charge < -0.3 is 9.84 Å². The number of aliphatic hydroxyl groups excluding tert-OH is 1. The second-order valence-corrected chi connectivity index (χ2v) is 3.97. The molecule has 17 heavy (non-hydrogen) atoms. The van der Waals surface area contributed by atoms with Crippen molar-refractivity contribution in [1.82, 2.24) is 0 Å². The van der Waals surface area contributed by atoms with E-state index >= 15 is 0 Å². The highest BCUT2D eigenvalue weighted by Gasteiger charge is 2.04. The fraction of sp³-hybridized carbons (Fsp3) is 0.333. The monoisotopic (exact) mass is 232 g/mol. The van der Waals surface area contributed by atoms with Crippen molar-refractivity contribution in [1.29, 1.82) is 0 Å². The maximum Gasteiger partial charge on any atom is 0.119 e. The smallest absolute Gasteiger partial charge is 0.119 e. The number of allylic oxidation sites excluding steroid dienone is 2. The molecule has 1 rings (SSSR count). The number of hydrogen-bond donors (Lipinski definition) is 1. The van der Waals surface area contributed by atoms with Crippen LogP contribution in [0.4, 0.5) is 0 Å². The molecule has 1 N–H and O–H groups in total. The largest absolute Gasteiger partial charge is 0.491 e. The van der Waals surface area contributed by atoms with Crippen molar-refractivity contribution in [2.45, 2.75) is 25.4 Å². The van der Waals surface area contributed by atoms with Crippen LogP contribution < -0.4 is 4.74 Å². The minimum Gasteiger partial charge on any atom is -0.491 e. The molecule has 1 unspecified atom stereocenters. The van der Waals surface area contributed by atoms with E-state index in [-0.39, 0.29) is 0 Å². The van der Waals surface area contributed by atoms with E-state index in [1.54, 1.807) is 6.08 Å². The molecule has 1 aromatic carbocycles. The van der Waals surface area contributed by atoms with Crippen LogP contribution in [0.25, 0.3) is 0 Å². The third-order valence-corrected chi connectivity index (χ3v) is 2.42. The third kappa shape index (κ3) is 5.36. The Balaban J connectivity index is 2.42. The second kappa shape index (κ2) is 7.69. The maximum atomic E-state index is 9.63. The summed E-state index contributed by atoms with van der Waals surface area (Å²) in [7, 11) is 0. The van der Waals surface area contributed by atoms with Crippen molar-refractivity contribution in [3.63, 3.8) is 0 Å². The van der Waals surface area contributed by atoms with Crippen molar-refractivity contribution >= 4 is 0 Å². The van der Waals surface area contributed by atoms with Crippen LogP contribution in [0.15, 0.2) is 49.6 Å². The predicted molar refractivity (Wildman–Crippen MR) is 71.3 cm³/mol. The molecule has 0 aliphatic heterocycles. The van der Waals surface area contributed by atoms with Crippen LogP contribution in [-0.4, -0.2) is 17.8 Å². The van der Waals surface area contributed by atoms with Crippen LogP contribution in [0, 0.1) is 0 Å². The van der Waals surface area contributed by atoms with Gasteiger partial charge in [0.1, 0.15) is 12.4 Å². The quantitative estimate of drug-likeness (QED) is 0.698. The zero-order valence-corrected chi connectivity index (χ0v) is 10.1. The van der Waals surface area contributed by atoms with Crippen molar-refractivity contribution in [3.8, 4) is 5.75 Å². The average Bonchev–Trinajstić information content (AvgIpc) is 2.35. The van der Waals surface area contributed by atoms with E-state index in [0.717, 1.165) is 24.2 Å². The Morgan fingerprint density at radius 1 is 1.29 bits per heavy atom. The van der Waals surface area contributed by atoms with Crippen LogP contribution in [0.2, 0.25) is 0 Å². The lowest BCUT2D eigenvalue weighted by atomic mass is 10.1. The molecule has 0 amide bonds. The van der Waals surface area contributed by atoms with E-state index in [2.05, 4.69) is 13.2 Å². The van der Waals surface area contributed by atoms with Crippen molar-refractivity contribution in [3.05, 3.63) is 55.1 Å². The molecule has 0 saturated carbocycles. The molecule has 2 heteroatoms. The number of aliphatic hydroxyl groups is 1. The normalized spacial score (nSPS) is 11.8. The lowest BCUT2D eigenvalue weighted by Gasteiger charge is -2.12. The highest BCUT2D eigenvalue weighted by atomic mass is 16.5. The summed E-state index contributed by atoms with van der Waals surface area (Å²) < 4.78 is 5.53. The zero-order valence-electron chi connectivity index (χ0n) is 10.1. The van der Waals surface area contributed by atoms with Gasteiger partial charge in [0.2, 0.25) is 0 Å². The Bertz CT molecular complexity index is 358. The van der Waals surface area contributed by atoms with Crippen molar-refractivity contribution < 1.29 is 9.84 Å². The standard InChI is InChI=1S/C15H20O2/c1-3-5-9-14(16)12-17-15-10-6-8-13(11-15)7-4-2/h3-4,6,8,10-11,14,16H,1-2,5,7,9,12H2. The number of rotatable bonds is 8. The predicted octanol–water partition coefficient (Wildman–Crippen LogP) is 3.12. The summed E-state index contributed by atoms with van der Waals surface area (Å²) >= 11 is 0. The summed E-state index contributed by atoms with van der Waals surface area (Å²) in [5, 5.41) is 9.63. The molecule has 0 aliphatic carbocycles. The summed E-state index contributed by atoms with van der Waals surface area (Å²) in [4.78, 5) is 0. The van der Waals surface area contributed by atoms with E-state index in [9.17, 15) is 5.11 Å². The highest BCUT2D eigenvalue weighted by molar-refractivity contribution is 5.29. The van der Waals surface area contributed by atoms with E-state index in [0.29, 0.717) is 13.0 Å². The van der Waals surface area contributed by atoms with Crippen LogP contribution in [0.3, 0.4) is 0 Å². The molecule has 0 bridgehead atoms. The maximum absolute atomic E-state index is 9.63. The van der Waals surface area contributed by atoms with Crippen molar-refractivity contribution in [2.24, 2.45) is 0 Å². The minimum absolute atomic E-state index is 0.325. The first-order chi connectivity index (χ1) is 8.26. The Labute approximate surface area is 103 Å². The van der Waals surface area contributed by atoms with E-state index < -0.39 is 6.10 Å². The van der Waals surface area contributed by atoms with Gasteiger partial charge in [-0.05, 0) is 37.0 Å². The van der Waals surface area contributed by atoms with Gasteiger partial charge in [0.15, 0.2) is 0 Å². The van der Waals surface area contributed by atoms with Gasteiger partial charge in [0, 0.05) is 0 Å². The zero-order chi connectivity index (χ0) is 12.5. The fourth-order valence-electron chi connectivity index (χ4n) is 1.51.